The quantitative estimate of drug-likeness (QED) is 0.811. The zero-order valence-corrected chi connectivity index (χ0v) is 11.8. The van der Waals surface area contributed by atoms with Crippen LogP contribution in [0.25, 0.3) is 0 Å². The highest BCUT2D eigenvalue weighted by Crippen LogP contribution is 2.25. The summed E-state index contributed by atoms with van der Waals surface area (Å²) in [6.07, 6.45) is 1.48. The Morgan fingerprint density at radius 2 is 2.14 bits per heavy atom. The maximum absolute atomic E-state index is 12.3. The van der Waals surface area contributed by atoms with Crippen LogP contribution >= 0.6 is 0 Å². The van der Waals surface area contributed by atoms with Crippen LogP contribution in [0, 0.1) is 0 Å². The fourth-order valence-corrected chi connectivity index (χ4v) is 1.84. The molecule has 0 aliphatic heterocycles. The Balaban J connectivity index is 2.23. The first-order chi connectivity index (χ1) is 9.93. The number of nitrogens with one attached hydrogen (secondary N) is 1. The summed E-state index contributed by atoms with van der Waals surface area (Å²) in [7, 11) is 7.07. The lowest BCUT2D eigenvalue weighted by Gasteiger charge is -2.23. The molecule has 1 aromatic carbocycles. The Labute approximate surface area is 124 Å². The number of aromatic nitrogens is 1. The lowest BCUT2D eigenvalue weighted by molar-refractivity contribution is -0.133. The monoisotopic (exact) mass is 282 g/mol. The van der Waals surface area contributed by atoms with Crippen molar-refractivity contribution < 1.29 is 14.6 Å². The number of amides is 1. The second kappa shape index (κ2) is 5.97. The van der Waals surface area contributed by atoms with E-state index in [1.54, 1.807) is 30.3 Å². The molecule has 2 aromatic rings. The molecule has 6 heteroatoms. The van der Waals surface area contributed by atoms with E-state index in [1.807, 2.05) is 0 Å². The summed E-state index contributed by atoms with van der Waals surface area (Å²) in [4.78, 5) is 16.1. The van der Waals surface area contributed by atoms with Crippen LogP contribution in [0.15, 0.2) is 42.6 Å². The molecule has 0 bridgehead atoms. The van der Waals surface area contributed by atoms with Gasteiger partial charge in [0, 0.05) is 11.9 Å². The predicted octanol–water partition coefficient (Wildman–Crippen LogP) is 0.730. The van der Waals surface area contributed by atoms with Crippen molar-refractivity contribution in [2.45, 2.75) is 12.5 Å². The molecule has 1 aromatic heterocycles. The summed E-state index contributed by atoms with van der Waals surface area (Å²) in [6.45, 7) is 1.42. The molecule has 2 rings (SSSR count). The zero-order valence-electron chi connectivity index (χ0n) is 11.8. The molecule has 2 N–H and O–H groups in total. The minimum atomic E-state index is -1.70. The minimum absolute atomic E-state index is 0.286. The topological polar surface area (TPSA) is 71.5 Å². The van der Waals surface area contributed by atoms with Crippen molar-refractivity contribution in [1.29, 1.82) is 0 Å². The number of rotatable bonds is 4. The summed E-state index contributed by atoms with van der Waals surface area (Å²) >= 11 is 0. The molecule has 0 fully saturated rings. The summed E-state index contributed by atoms with van der Waals surface area (Å²) in [5, 5.41) is 13.1. The summed E-state index contributed by atoms with van der Waals surface area (Å²) < 4.78 is 5.10. The second-order valence-corrected chi connectivity index (χ2v) is 4.73. The maximum atomic E-state index is 12.3. The van der Waals surface area contributed by atoms with Gasteiger partial charge in [-0.1, -0.05) is 12.1 Å². The van der Waals surface area contributed by atoms with E-state index in [1.165, 1.54) is 26.3 Å². The van der Waals surface area contributed by atoms with Gasteiger partial charge in [0.05, 0.1) is 7.11 Å². The smallest absolute Gasteiger partial charge is 0.260 e. The van der Waals surface area contributed by atoms with Gasteiger partial charge in [0.1, 0.15) is 13.6 Å². The van der Waals surface area contributed by atoms with Gasteiger partial charge in [-0.05, 0) is 42.3 Å². The van der Waals surface area contributed by atoms with Crippen LogP contribution in [0.3, 0.4) is 0 Å². The Morgan fingerprint density at radius 3 is 2.81 bits per heavy atom. The van der Waals surface area contributed by atoms with E-state index < -0.39 is 11.5 Å². The van der Waals surface area contributed by atoms with Crippen molar-refractivity contribution in [3.8, 4) is 5.75 Å². The van der Waals surface area contributed by atoms with Gasteiger partial charge in [0.2, 0.25) is 0 Å². The third-order valence-electron chi connectivity index (χ3n) is 3.11. The van der Waals surface area contributed by atoms with Gasteiger partial charge in [-0.25, -0.2) is 0 Å². The first-order valence-corrected chi connectivity index (χ1v) is 6.33. The number of hydrogen-bond acceptors (Lipinski definition) is 4. The SMILES string of the molecule is [B]c1cc(NC(=O)C(C)(O)c2cccc(OC)c2)ccn1. The van der Waals surface area contributed by atoms with Crippen LogP contribution in [0.4, 0.5) is 5.69 Å². The zero-order chi connectivity index (χ0) is 15.5. The van der Waals surface area contributed by atoms with E-state index in [9.17, 15) is 9.90 Å². The first kappa shape index (κ1) is 15.1. The Hall–Kier alpha value is -2.34. The molecule has 1 atom stereocenters. The molecule has 106 valence electrons. The van der Waals surface area contributed by atoms with Gasteiger partial charge in [-0.15, -0.1) is 0 Å². The molecule has 0 spiro atoms. The van der Waals surface area contributed by atoms with Crippen molar-refractivity contribution >= 4 is 25.0 Å². The van der Waals surface area contributed by atoms with Crippen molar-refractivity contribution in [3.63, 3.8) is 0 Å². The predicted molar refractivity (Wildman–Crippen MR) is 80.8 cm³/mol. The van der Waals surface area contributed by atoms with E-state index in [2.05, 4.69) is 10.3 Å². The van der Waals surface area contributed by atoms with Gasteiger partial charge >= 0.3 is 0 Å². The van der Waals surface area contributed by atoms with Crippen LogP contribution in [0.5, 0.6) is 5.75 Å². The maximum Gasteiger partial charge on any atom is 0.260 e. The van der Waals surface area contributed by atoms with Gasteiger partial charge < -0.3 is 15.2 Å². The fraction of sp³-hybridized carbons (Fsp3) is 0.200. The Bertz CT molecular complexity index is 659. The lowest BCUT2D eigenvalue weighted by atomic mass is 9.94. The van der Waals surface area contributed by atoms with E-state index in [-0.39, 0.29) is 5.59 Å². The molecule has 1 heterocycles. The molecule has 0 aliphatic rings. The molecule has 2 radical (unpaired) electrons. The first-order valence-electron chi connectivity index (χ1n) is 6.33. The largest absolute Gasteiger partial charge is 0.497 e. The third kappa shape index (κ3) is 3.41. The van der Waals surface area contributed by atoms with Crippen LogP contribution < -0.4 is 15.6 Å². The molecule has 0 aliphatic carbocycles. The molecule has 1 unspecified atom stereocenters. The van der Waals surface area contributed by atoms with Gasteiger partial charge in [0.25, 0.3) is 5.91 Å². The van der Waals surface area contributed by atoms with Gasteiger partial charge in [0.15, 0.2) is 5.60 Å². The number of ether oxygens (including phenoxy) is 1. The lowest BCUT2D eigenvalue weighted by Crippen LogP contribution is -2.37. The minimum Gasteiger partial charge on any atom is -0.497 e. The summed E-state index contributed by atoms with van der Waals surface area (Å²) in [6, 6.07) is 9.82. The number of carbonyl (C=O) groups excluding carboxylic acids is 1. The van der Waals surface area contributed by atoms with Gasteiger partial charge in [-0.2, -0.15) is 0 Å². The second-order valence-electron chi connectivity index (χ2n) is 4.73. The van der Waals surface area contributed by atoms with Crippen LogP contribution in [-0.4, -0.2) is 31.0 Å². The van der Waals surface area contributed by atoms with E-state index in [0.717, 1.165) is 0 Å². The Morgan fingerprint density at radius 1 is 1.38 bits per heavy atom. The van der Waals surface area contributed by atoms with E-state index in [4.69, 9.17) is 12.6 Å². The number of anilines is 1. The van der Waals surface area contributed by atoms with Crippen molar-refractivity contribution in [3.05, 3.63) is 48.2 Å². The van der Waals surface area contributed by atoms with Crippen LogP contribution in [0.2, 0.25) is 0 Å². The fourth-order valence-electron chi connectivity index (χ4n) is 1.84. The number of carbonyl (C=O) groups is 1. The molecular weight excluding hydrogens is 267 g/mol. The molecule has 0 saturated carbocycles. The number of benzene rings is 1. The third-order valence-corrected chi connectivity index (χ3v) is 3.11. The highest BCUT2D eigenvalue weighted by Gasteiger charge is 2.32. The van der Waals surface area contributed by atoms with Crippen LogP contribution in [0.1, 0.15) is 12.5 Å². The van der Waals surface area contributed by atoms with E-state index >= 15 is 0 Å². The summed E-state index contributed by atoms with van der Waals surface area (Å²) in [5.41, 5.74) is -0.516. The van der Waals surface area contributed by atoms with Crippen molar-refractivity contribution in [1.82, 2.24) is 4.98 Å². The highest BCUT2D eigenvalue weighted by atomic mass is 16.5. The number of aliphatic hydroxyl groups is 1. The number of methoxy groups -OCH3 is 1. The summed E-state index contributed by atoms with van der Waals surface area (Å²) in [5.74, 6) is -0.00455. The number of nitrogens with zero attached hydrogens (tertiary/aromatic N) is 1. The number of hydrogen-bond donors (Lipinski definition) is 2. The van der Waals surface area contributed by atoms with Crippen molar-refractivity contribution in [2.75, 3.05) is 12.4 Å². The molecule has 1 amide bonds. The molecule has 0 saturated heterocycles. The standard InChI is InChI=1S/C15H15BN2O3/c1-15(20,10-4-3-5-12(8-10)21-2)14(19)18-11-6-7-17-13(16)9-11/h3-9,20H,1-2H3,(H,17,18,19). The Kier molecular flexibility index (Phi) is 4.28. The average Bonchev–Trinajstić information content (AvgIpc) is 2.47. The normalized spacial score (nSPS) is 13.3. The average molecular weight is 282 g/mol. The number of pyridine rings is 1. The molecular formula is C15H15BN2O3. The van der Waals surface area contributed by atoms with Gasteiger partial charge in [-0.3, -0.25) is 9.78 Å². The van der Waals surface area contributed by atoms with Crippen molar-refractivity contribution in [2.24, 2.45) is 0 Å². The molecule has 21 heavy (non-hydrogen) atoms. The van der Waals surface area contributed by atoms with Crippen LogP contribution in [-0.2, 0) is 10.4 Å². The van der Waals surface area contributed by atoms with E-state index in [0.29, 0.717) is 17.0 Å². The molecule has 5 nitrogen and oxygen atoms in total. The highest BCUT2D eigenvalue weighted by molar-refractivity contribution is 6.31.